The third-order valence-electron chi connectivity index (χ3n) is 3.08. The van der Waals surface area contributed by atoms with Gasteiger partial charge in [0.1, 0.15) is 11.3 Å². The van der Waals surface area contributed by atoms with Crippen LogP contribution in [0.15, 0.2) is 30.6 Å². The van der Waals surface area contributed by atoms with Crippen LogP contribution in [-0.2, 0) is 0 Å². The van der Waals surface area contributed by atoms with E-state index in [1.807, 2.05) is 13.8 Å². The van der Waals surface area contributed by atoms with Crippen LogP contribution in [0.4, 0.5) is 5.69 Å². The maximum atomic E-state index is 12.3. The molecular weight excluding hydrogens is 286 g/mol. The molecule has 0 saturated heterocycles. The number of aromatic carboxylic acids is 1. The van der Waals surface area contributed by atoms with Gasteiger partial charge in [-0.25, -0.2) is 4.79 Å². The third kappa shape index (κ3) is 3.08. The van der Waals surface area contributed by atoms with E-state index in [1.54, 1.807) is 10.9 Å². The number of amides is 1. The maximum absolute atomic E-state index is 12.3. The molecule has 0 spiro atoms. The lowest BCUT2D eigenvalue weighted by atomic mass is 10.1. The van der Waals surface area contributed by atoms with E-state index in [0.717, 1.165) is 0 Å². The fourth-order valence-electron chi connectivity index (χ4n) is 1.99. The highest BCUT2D eigenvalue weighted by molar-refractivity contribution is 6.08. The van der Waals surface area contributed by atoms with Crippen LogP contribution in [0.2, 0.25) is 0 Å². The number of nitrogens with one attached hydrogen (secondary N) is 1. The zero-order chi connectivity index (χ0) is 16.3. The molecule has 0 aliphatic carbocycles. The molecule has 1 aromatic heterocycles. The van der Waals surface area contributed by atoms with Gasteiger partial charge in [-0.2, -0.15) is 5.10 Å². The fraction of sp³-hybridized carbons (Fsp3) is 0.267. The summed E-state index contributed by atoms with van der Waals surface area (Å²) in [5.74, 6) is -1.58. The van der Waals surface area contributed by atoms with Gasteiger partial charge in [0.05, 0.1) is 24.6 Å². The lowest BCUT2D eigenvalue weighted by molar-refractivity contribution is 0.0693. The largest absolute Gasteiger partial charge is 0.495 e. The number of carboxylic acid groups (broad SMARTS) is 1. The monoisotopic (exact) mass is 303 g/mol. The van der Waals surface area contributed by atoms with Gasteiger partial charge in [-0.3, -0.25) is 9.48 Å². The Kier molecular flexibility index (Phi) is 4.45. The van der Waals surface area contributed by atoms with E-state index >= 15 is 0 Å². The van der Waals surface area contributed by atoms with E-state index < -0.39 is 11.9 Å². The number of nitrogens with zero attached hydrogens (tertiary/aromatic N) is 2. The van der Waals surface area contributed by atoms with Crippen LogP contribution in [0.5, 0.6) is 5.75 Å². The summed E-state index contributed by atoms with van der Waals surface area (Å²) in [7, 11) is 1.33. The molecule has 0 unspecified atom stereocenters. The first-order chi connectivity index (χ1) is 10.4. The third-order valence-corrected chi connectivity index (χ3v) is 3.08. The van der Waals surface area contributed by atoms with Gasteiger partial charge >= 0.3 is 5.97 Å². The minimum Gasteiger partial charge on any atom is -0.495 e. The first-order valence-electron chi connectivity index (χ1n) is 6.69. The molecule has 7 nitrogen and oxygen atoms in total. The van der Waals surface area contributed by atoms with Crippen molar-refractivity contribution in [1.82, 2.24) is 9.78 Å². The van der Waals surface area contributed by atoms with Crippen LogP contribution in [0, 0.1) is 0 Å². The van der Waals surface area contributed by atoms with Gasteiger partial charge in [-0.1, -0.05) is 6.07 Å². The molecule has 0 fully saturated rings. The van der Waals surface area contributed by atoms with E-state index in [0.29, 0.717) is 5.69 Å². The summed E-state index contributed by atoms with van der Waals surface area (Å²) in [6, 6.07) is 4.57. The molecule has 0 aliphatic rings. The van der Waals surface area contributed by atoms with Gasteiger partial charge < -0.3 is 15.2 Å². The summed E-state index contributed by atoms with van der Waals surface area (Å²) in [6.45, 7) is 3.94. The molecule has 1 aromatic carbocycles. The van der Waals surface area contributed by atoms with Crippen LogP contribution in [0.3, 0.4) is 0 Å². The molecule has 2 aromatic rings. The van der Waals surface area contributed by atoms with Crippen LogP contribution >= 0.6 is 0 Å². The van der Waals surface area contributed by atoms with E-state index in [-0.39, 0.29) is 22.9 Å². The standard InChI is InChI=1S/C15H17N3O4/c1-9(2)18-8-10(7-16-18)17-14(19)11-5-4-6-12(15(20)21)13(11)22-3/h4-9H,1-3H3,(H,17,19)(H,20,21). The number of para-hydroxylation sites is 1. The Balaban J connectivity index is 2.29. The van der Waals surface area contributed by atoms with Crippen molar-refractivity contribution in [3.8, 4) is 5.75 Å². The quantitative estimate of drug-likeness (QED) is 0.884. The maximum Gasteiger partial charge on any atom is 0.339 e. The van der Waals surface area contributed by atoms with Gasteiger partial charge in [-0.15, -0.1) is 0 Å². The van der Waals surface area contributed by atoms with Crippen LogP contribution in [0.1, 0.15) is 40.6 Å². The van der Waals surface area contributed by atoms with Crippen molar-refractivity contribution in [3.05, 3.63) is 41.7 Å². The summed E-state index contributed by atoms with van der Waals surface area (Å²) in [6.07, 6.45) is 3.24. The Labute approximate surface area is 127 Å². The number of ether oxygens (including phenoxy) is 1. The van der Waals surface area contributed by atoms with E-state index in [2.05, 4.69) is 10.4 Å². The zero-order valence-electron chi connectivity index (χ0n) is 12.5. The number of hydrogen-bond donors (Lipinski definition) is 2. The van der Waals surface area contributed by atoms with Gasteiger partial charge in [0.2, 0.25) is 0 Å². The average Bonchev–Trinajstić information content (AvgIpc) is 2.94. The molecule has 0 saturated carbocycles. The molecule has 0 radical (unpaired) electrons. The van der Waals surface area contributed by atoms with Crippen LogP contribution < -0.4 is 10.1 Å². The fourth-order valence-corrected chi connectivity index (χ4v) is 1.99. The number of benzene rings is 1. The number of rotatable bonds is 5. The smallest absolute Gasteiger partial charge is 0.339 e. The molecule has 1 heterocycles. The zero-order valence-corrected chi connectivity index (χ0v) is 12.5. The average molecular weight is 303 g/mol. The van der Waals surface area contributed by atoms with E-state index in [4.69, 9.17) is 9.84 Å². The van der Waals surface area contributed by atoms with Crippen LogP contribution in [-0.4, -0.2) is 33.9 Å². The Morgan fingerprint density at radius 2 is 2.00 bits per heavy atom. The Morgan fingerprint density at radius 3 is 2.55 bits per heavy atom. The summed E-state index contributed by atoms with van der Waals surface area (Å²) in [5.41, 5.74) is 0.620. The highest BCUT2D eigenvalue weighted by atomic mass is 16.5. The normalized spacial score (nSPS) is 10.5. The highest BCUT2D eigenvalue weighted by Gasteiger charge is 2.19. The second-order valence-corrected chi connectivity index (χ2v) is 4.95. The molecule has 22 heavy (non-hydrogen) atoms. The second kappa shape index (κ2) is 6.30. The first-order valence-corrected chi connectivity index (χ1v) is 6.69. The molecule has 1 amide bonds. The summed E-state index contributed by atoms with van der Waals surface area (Å²) in [5, 5.41) is 15.9. The van der Waals surface area contributed by atoms with Crippen LogP contribution in [0.25, 0.3) is 0 Å². The minimum atomic E-state index is -1.15. The number of aromatic nitrogens is 2. The Hall–Kier alpha value is -2.83. The van der Waals surface area contributed by atoms with Crippen molar-refractivity contribution in [2.24, 2.45) is 0 Å². The topological polar surface area (TPSA) is 93.4 Å². The predicted octanol–water partition coefficient (Wildman–Crippen LogP) is 2.42. The number of hydrogen-bond acceptors (Lipinski definition) is 4. The summed E-state index contributed by atoms with van der Waals surface area (Å²) < 4.78 is 6.79. The van der Waals surface area contributed by atoms with E-state index in [1.165, 1.54) is 31.5 Å². The molecule has 2 N–H and O–H groups in total. The van der Waals surface area contributed by atoms with E-state index in [9.17, 15) is 9.59 Å². The van der Waals surface area contributed by atoms with Crippen molar-refractivity contribution in [1.29, 1.82) is 0 Å². The molecule has 0 atom stereocenters. The first kappa shape index (κ1) is 15.6. The molecule has 7 heteroatoms. The molecule has 0 aliphatic heterocycles. The Bertz CT molecular complexity index is 707. The van der Waals surface area contributed by atoms with Crippen molar-refractivity contribution in [3.63, 3.8) is 0 Å². The molecule has 116 valence electrons. The Morgan fingerprint density at radius 1 is 1.32 bits per heavy atom. The number of carbonyl (C=O) groups excluding carboxylic acids is 1. The summed E-state index contributed by atoms with van der Waals surface area (Å²) >= 11 is 0. The van der Waals surface area contributed by atoms with Gasteiger partial charge in [0.15, 0.2) is 0 Å². The van der Waals surface area contributed by atoms with Gasteiger partial charge in [0.25, 0.3) is 5.91 Å². The summed E-state index contributed by atoms with van der Waals surface area (Å²) in [4.78, 5) is 23.5. The van der Waals surface area contributed by atoms with Gasteiger partial charge in [-0.05, 0) is 26.0 Å². The van der Waals surface area contributed by atoms with Crippen molar-refractivity contribution >= 4 is 17.6 Å². The highest BCUT2D eigenvalue weighted by Crippen LogP contribution is 2.25. The number of carboxylic acids is 1. The SMILES string of the molecule is COc1c(C(=O)O)cccc1C(=O)Nc1cnn(C(C)C)c1. The molecule has 0 bridgehead atoms. The van der Waals surface area contributed by atoms with Crippen molar-refractivity contribution in [2.75, 3.05) is 12.4 Å². The predicted molar refractivity (Wildman–Crippen MR) is 80.5 cm³/mol. The lowest BCUT2D eigenvalue weighted by Gasteiger charge is -2.10. The number of anilines is 1. The lowest BCUT2D eigenvalue weighted by Crippen LogP contribution is -2.14. The van der Waals surface area contributed by atoms with Crippen molar-refractivity contribution in [2.45, 2.75) is 19.9 Å². The van der Waals surface area contributed by atoms with Gasteiger partial charge in [0, 0.05) is 12.2 Å². The minimum absolute atomic E-state index is 0.0313. The molecular formula is C15H17N3O4. The number of methoxy groups -OCH3 is 1. The van der Waals surface area contributed by atoms with Crippen molar-refractivity contribution < 1.29 is 19.4 Å². The number of carbonyl (C=O) groups is 2. The second-order valence-electron chi connectivity index (χ2n) is 4.95. The molecule has 2 rings (SSSR count).